The molecule has 0 radical (unpaired) electrons. The normalized spacial score (nSPS) is 22.1. The van der Waals surface area contributed by atoms with Crippen molar-refractivity contribution in [1.29, 1.82) is 0 Å². The van der Waals surface area contributed by atoms with Crippen LogP contribution in [0.25, 0.3) is 0 Å². The summed E-state index contributed by atoms with van der Waals surface area (Å²) in [6.45, 7) is 5.76. The van der Waals surface area contributed by atoms with Crippen molar-refractivity contribution >= 4 is 17.3 Å². The lowest BCUT2D eigenvalue weighted by Crippen LogP contribution is -2.49. The summed E-state index contributed by atoms with van der Waals surface area (Å²) in [6, 6.07) is 5.84. The van der Waals surface area contributed by atoms with Gasteiger partial charge in [0.1, 0.15) is 0 Å². The average Bonchev–Trinajstić information content (AvgIpc) is 3.30. The molecule has 1 aromatic heterocycles. The SMILES string of the molecule is CN=C(NCC(C)Cc1cccs1)NC1CCN(C2CC2)CC1. The fraction of sp³-hybridized carbons (Fsp3) is 0.722. The first-order valence-electron chi connectivity index (χ1n) is 8.98. The van der Waals surface area contributed by atoms with E-state index in [-0.39, 0.29) is 0 Å². The smallest absolute Gasteiger partial charge is 0.191 e. The third-order valence-electron chi connectivity index (χ3n) is 4.90. The number of hydrogen-bond acceptors (Lipinski definition) is 3. The van der Waals surface area contributed by atoms with E-state index < -0.39 is 0 Å². The second-order valence-electron chi connectivity index (χ2n) is 7.03. The van der Waals surface area contributed by atoms with Gasteiger partial charge in [0.05, 0.1) is 0 Å². The van der Waals surface area contributed by atoms with E-state index in [1.807, 2.05) is 18.4 Å². The van der Waals surface area contributed by atoms with E-state index in [4.69, 9.17) is 0 Å². The topological polar surface area (TPSA) is 39.7 Å². The lowest BCUT2D eigenvalue weighted by Gasteiger charge is -2.33. The quantitative estimate of drug-likeness (QED) is 0.621. The molecule has 0 bridgehead atoms. The minimum Gasteiger partial charge on any atom is -0.356 e. The molecule has 1 saturated heterocycles. The first-order chi connectivity index (χ1) is 11.2. The molecule has 2 fully saturated rings. The van der Waals surface area contributed by atoms with Crippen molar-refractivity contribution in [2.45, 2.75) is 51.1 Å². The lowest BCUT2D eigenvalue weighted by atomic mass is 10.0. The summed E-state index contributed by atoms with van der Waals surface area (Å²) in [5.41, 5.74) is 0. The molecular formula is C18H30N4S. The number of guanidine groups is 1. The predicted octanol–water partition coefficient (Wildman–Crippen LogP) is 2.72. The molecule has 1 unspecified atom stereocenters. The van der Waals surface area contributed by atoms with Crippen LogP contribution in [0.1, 0.15) is 37.5 Å². The van der Waals surface area contributed by atoms with Crippen LogP contribution in [0.15, 0.2) is 22.5 Å². The molecule has 128 valence electrons. The van der Waals surface area contributed by atoms with Gasteiger partial charge in [-0.3, -0.25) is 4.99 Å². The number of piperidine rings is 1. The molecule has 2 heterocycles. The minimum atomic E-state index is 0.573. The van der Waals surface area contributed by atoms with Crippen LogP contribution in [0.4, 0.5) is 0 Å². The first-order valence-corrected chi connectivity index (χ1v) is 9.86. The van der Waals surface area contributed by atoms with Crippen LogP contribution in [0, 0.1) is 5.92 Å². The predicted molar refractivity (Wildman–Crippen MR) is 99.3 cm³/mol. The van der Waals surface area contributed by atoms with E-state index in [2.05, 4.69) is 45.0 Å². The van der Waals surface area contributed by atoms with E-state index in [1.165, 1.54) is 43.6 Å². The van der Waals surface area contributed by atoms with Crippen LogP contribution in [-0.2, 0) is 6.42 Å². The van der Waals surface area contributed by atoms with Gasteiger partial charge < -0.3 is 15.5 Å². The Morgan fingerprint density at radius 2 is 2.13 bits per heavy atom. The van der Waals surface area contributed by atoms with Gasteiger partial charge in [0.15, 0.2) is 5.96 Å². The molecule has 0 aromatic carbocycles. The zero-order valence-electron chi connectivity index (χ0n) is 14.4. The van der Waals surface area contributed by atoms with Crippen LogP contribution in [0.2, 0.25) is 0 Å². The van der Waals surface area contributed by atoms with Crippen molar-refractivity contribution in [3.63, 3.8) is 0 Å². The Morgan fingerprint density at radius 1 is 1.35 bits per heavy atom. The Kier molecular flexibility index (Phi) is 5.95. The molecule has 1 saturated carbocycles. The number of nitrogens with one attached hydrogen (secondary N) is 2. The summed E-state index contributed by atoms with van der Waals surface area (Å²) >= 11 is 1.85. The van der Waals surface area contributed by atoms with E-state index >= 15 is 0 Å². The van der Waals surface area contributed by atoms with Gasteiger partial charge in [-0.2, -0.15) is 0 Å². The van der Waals surface area contributed by atoms with Crippen LogP contribution in [0.5, 0.6) is 0 Å². The molecule has 1 atom stereocenters. The third-order valence-corrected chi connectivity index (χ3v) is 5.80. The number of likely N-dealkylation sites (tertiary alicyclic amines) is 1. The van der Waals surface area contributed by atoms with Crippen molar-refractivity contribution in [2.24, 2.45) is 10.9 Å². The van der Waals surface area contributed by atoms with Gasteiger partial charge >= 0.3 is 0 Å². The van der Waals surface area contributed by atoms with Crippen LogP contribution in [0.3, 0.4) is 0 Å². The standard InChI is InChI=1S/C18H30N4S/c1-14(12-17-4-3-11-23-17)13-20-18(19-2)21-15-7-9-22(10-8-15)16-5-6-16/h3-4,11,14-16H,5-10,12-13H2,1-2H3,(H2,19,20,21). The summed E-state index contributed by atoms with van der Waals surface area (Å²) in [6.07, 6.45) is 6.46. The monoisotopic (exact) mass is 334 g/mol. The molecule has 0 amide bonds. The third kappa shape index (κ3) is 5.21. The van der Waals surface area contributed by atoms with Crippen molar-refractivity contribution in [1.82, 2.24) is 15.5 Å². The number of thiophene rings is 1. The second-order valence-corrected chi connectivity index (χ2v) is 8.06. The highest BCUT2D eigenvalue weighted by molar-refractivity contribution is 7.09. The fourth-order valence-corrected chi connectivity index (χ4v) is 4.22. The van der Waals surface area contributed by atoms with Crippen LogP contribution in [-0.4, -0.2) is 49.6 Å². The maximum atomic E-state index is 4.40. The highest BCUT2D eigenvalue weighted by Crippen LogP contribution is 2.29. The molecule has 2 N–H and O–H groups in total. The molecule has 23 heavy (non-hydrogen) atoms. The van der Waals surface area contributed by atoms with Crippen molar-refractivity contribution in [2.75, 3.05) is 26.7 Å². The Balaban J connectivity index is 1.36. The Bertz CT molecular complexity index is 487. The molecule has 1 aliphatic carbocycles. The van der Waals surface area contributed by atoms with E-state index in [0.29, 0.717) is 12.0 Å². The Morgan fingerprint density at radius 3 is 2.74 bits per heavy atom. The van der Waals surface area contributed by atoms with Gasteiger partial charge in [0.25, 0.3) is 0 Å². The van der Waals surface area contributed by atoms with Crippen molar-refractivity contribution in [3.8, 4) is 0 Å². The second kappa shape index (κ2) is 8.15. The molecular weight excluding hydrogens is 304 g/mol. The first kappa shape index (κ1) is 16.8. The Hall–Kier alpha value is -1.07. The molecule has 2 aliphatic rings. The van der Waals surface area contributed by atoms with Crippen molar-refractivity contribution in [3.05, 3.63) is 22.4 Å². The average molecular weight is 335 g/mol. The molecule has 5 heteroatoms. The summed E-state index contributed by atoms with van der Waals surface area (Å²) in [4.78, 5) is 8.53. The highest BCUT2D eigenvalue weighted by atomic mass is 32.1. The lowest BCUT2D eigenvalue weighted by molar-refractivity contribution is 0.197. The van der Waals surface area contributed by atoms with Gasteiger partial charge in [0, 0.05) is 43.6 Å². The van der Waals surface area contributed by atoms with Gasteiger partial charge in [-0.25, -0.2) is 0 Å². The Labute approximate surface area is 144 Å². The van der Waals surface area contributed by atoms with Gasteiger partial charge in [-0.05, 0) is 49.5 Å². The van der Waals surface area contributed by atoms with Crippen LogP contribution < -0.4 is 10.6 Å². The number of rotatable bonds is 6. The summed E-state index contributed by atoms with van der Waals surface area (Å²) in [5.74, 6) is 1.58. The minimum absolute atomic E-state index is 0.573. The number of aliphatic imine (C=N–C) groups is 1. The van der Waals surface area contributed by atoms with E-state index in [9.17, 15) is 0 Å². The molecule has 4 nitrogen and oxygen atoms in total. The maximum absolute atomic E-state index is 4.40. The van der Waals surface area contributed by atoms with E-state index in [0.717, 1.165) is 25.0 Å². The van der Waals surface area contributed by atoms with Gasteiger partial charge in [0.2, 0.25) is 0 Å². The van der Waals surface area contributed by atoms with E-state index in [1.54, 1.807) is 0 Å². The zero-order valence-corrected chi connectivity index (χ0v) is 15.2. The number of nitrogens with zero attached hydrogens (tertiary/aromatic N) is 2. The molecule has 1 aromatic rings. The summed E-state index contributed by atoms with van der Waals surface area (Å²) < 4.78 is 0. The summed E-state index contributed by atoms with van der Waals surface area (Å²) in [5, 5.41) is 9.28. The fourth-order valence-electron chi connectivity index (χ4n) is 3.35. The van der Waals surface area contributed by atoms with Crippen molar-refractivity contribution < 1.29 is 0 Å². The molecule has 1 aliphatic heterocycles. The van der Waals surface area contributed by atoms with Gasteiger partial charge in [-0.15, -0.1) is 11.3 Å². The van der Waals surface area contributed by atoms with Gasteiger partial charge in [-0.1, -0.05) is 13.0 Å². The molecule has 0 spiro atoms. The highest BCUT2D eigenvalue weighted by Gasteiger charge is 2.31. The largest absolute Gasteiger partial charge is 0.356 e. The van der Waals surface area contributed by atoms with Crippen LogP contribution >= 0.6 is 11.3 Å². The summed E-state index contributed by atoms with van der Waals surface area (Å²) in [7, 11) is 1.87. The maximum Gasteiger partial charge on any atom is 0.191 e. The molecule has 3 rings (SSSR count). The number of hydrogen-bond donors (Lipinski definition) is 2. The zero-order chi connectivity index (χ0) is 16.1.